The lowest BCUT2D eigenvalue weighted by atomic mass is 9.89. The lowest BCUT2D eigenvalue weighted by Gasteiger charge is -2.29. The van der Waals surface area contributed by atoms with Crippen LogP contribution in [0.2, 0.25) is 0 Å². The summed E-state index contributed by atoms with van der Waals surface area (Å²) in [4.78, 5) is 14.0. The molecule has 1 aliphatic rings. The van der Waals surface area contributed by atoms with Crippen LogP contribution in [-0.4, -0.2) is 61.4 Å². The van der Waals surface area contributed by atoms with Gasteiger partial charge in [0.2, 0.25) is 5.91 Å². The molecule has 5 nitrogen and oxygen atoms in total. The van der Waals surface area contributed by atoms with E-state index in [0.29, 0.717) is 13.1 Å². The first-order chi connectivity index (χ1) is 8.45. The molecule has 5 heteroatoms. The van der Waals surface area contributed by atoms with Crippen molar-refractivity contribution in [2.24, 2.45) is 5.41 Å². The molecule has 0 aliphatic carbocycles. The molecular formula is C13H26N2O3. The van der Waals surface area contributed by atoms with Crippen molar-refractivity contribution in [2.45, 2.75) is 33.3 Å². The number of β-amino-alcohol motifs (C(OH)–C–C–N with tert-alkyl or cyclic N) is 1. The van der Waals surface area contributed by atoms with Gasteiger partial charge in [-0.3, -0.25) is 9.69 Å². The molecule has 0 aromatic rings. The Balaban J connectivity index is 2.23. The van der Waals surface area contributed by atoms with Crippen molar-refractivity contribution in [1.82, 2.24) is 10.2 Å². The molecule has 1 fully saturated rings. The van der Waals surface area contributed by atoms with Crippen LogP contribution in [0.4, 0.5) is 0 Å². The van der Waals surface area contributed by atoms with E-state index < -0.39 is 6.10 Å². The highest BCUT2D eigenvalue weighted by Crippen LogP contribution is 2.19. The summed E-state index contributed by atoms with van der Waals surface area (Å²) >= 11 is 0. The molecule has 18 heavy (non-hydrogen) atoms. The van der Waals surface area contributed by atoms with Gasteiger partial charge >= 0.3 is 0 Å². The van der Waals surface area contributed by atoms with Crippen molar-refractivity contribution in [2.75, 3.05) is 39.4 Å². The molecule has 1 amide bonds. The van der Waals surface area contributed by atoms with Crippen molar-refractivity contribution in [3.05, 3.63) is 0 Å². The molecule has 0 aromatic carbocycles. The molecule has 2 N–H and O–H groups in total. The third kappa shape index (κ3) is 4.92. The molecule has 0 bridgehead atoms. The van der Waals surface area contributed by atoms with Gasteiger partial charge in [0.1, 0.15) is 0 Å². The predicted molar refractivity (Wildman–Crippen MR) is 70.3 cm³/mol. The van der Waals surface area contributed by atoms with Gasteiger partial charge in [-0.25, -0.2) is 0 Å². The Morgan fingerprint density at radius 2 is 2.06 bits per heavy atom. The van der Waals surface area contributed by atoms with E-state index in [1.165, 1.54) is 0 Å². The van der Waals surface area contributed by atoms with Gasteiger partial charge in [0.25, 0.3) is 0 Å². The number of hydrogen-bond donors (Lipinski definition) is 2. The number of hydrogen-bond acceptors (Lipinski definition) is 4. The third-order valence-corrected chi connectivity index (χ3v) is 3.57. The SMILES string of the molecule is CCC(C)(C)C(=O)NCC(O)CN1CCOCC1. The summed E-state index contributed by atoms with van der Waals surface area (Å²) in [7, 11) is 0. The maximum absolute atomic E-state index is 11.8. The largest absolute Gasteiger partial charge is 0.390 e. The van der Waals surface area contributed by atoms with Crippen molar-refractivity contribution < 1.29 is 14.6 Å². The Bertz CT molecular complexity index is 263. The van der Waals surface area contributed by atoms with Gasteiger partial charge in [0.15, 0.2) is 0 Å². The number of amides is 1. The summed E-state index contributed by atoms with van der Waals surface area (Å²) in [6.45, 7) is 9.88. The summed E-state index contributed by atoms with van der Waals surface area (Å²) in [5.41, 5.74) is -0.362. The number of aliphatic hydroxyl groups excluding tert-OH is 1. The van der Waals surface area contributed by atoms with E-state index in [2.05, 4.69) is 10.2 Å². The first-order valence-electron chi connectivity index (χ1n) is 6.72. The number of aliphatic hydroxyl groups is 1. The summed E-state index contributed by atoms with van der Waals surface area (Å²) in [5, 5.41) is 12.7. The van der Waals surface area contributed by atoms with Crippen LogP contribution in [0.1, 0.15) is 27.2 Å². The van der Waals surface area contributed by atoms with Crippen molar-refractivity contribution in [3.8, 4) is 0 Å². The lowest BCUT2D eigenvalue weighted by molar-refractivity contribution is -0.130. The molecule has 1 unspecified atom stereocenters. The second kappa shape index (κ2) is 7.07. The normalized spacial score (nSPS) is 19.6. The fourth-order valence-electron chi connectivity index (χ4n) is 1.76. The summed E-state index contributed by atoms with van der Waals surface area (Å²) < 4.78 is 5.25. The van der Waals surface area contributed by atoms with Gasteiger partial charge in [0, 0.05) is 31.6 Å². The van der Waals surface area contributed by atoms with Gasteiger partial charge in [-0.2, -0.15) is 0 Å². The molecule has 1 saturated heterocycles. The zero-order chi connectivity index (χ0) is 13.6. The number of carbonyl (C=O) groups excluding carboxylic acids is 1. The predicted octanol–water partition coefficient (Wildman–Crippen LogP) is 0.232. The van der Waals surface area contributed by atoms with Gasteiger partial charge in [-0.1, -0.05) is 20.8 Å². The molecular weight excluding hydrogens is 232 g/mol. The molecule has 0 spiro atoms. The fraction of sp³-hybridized carbons (Fsp3) is 0.923. The van der Waals surface area contributed by atoms with E-state index >= 15 is 0 Å². The highest BCUT2D eigenvalue weighted by atomic mass is 16.5. The smallest absolute Gasteiger partial charge is 0.225 e. The Morgan fingerprint density at radius 1 is 1.44 bits per heavy atom. The number of nitrogens with zero attached hydrogens (tertiary/aromatic N) is 1. The third-order valence-electron chi connectivity index (χ3n) is 3.57. The molecule has 1 rings (SSSR count). The molecule has 0 aromatic heterocycles. The van der Waals surface area contributed by atoms with Gasteiger partial charge in [-0.15, -0.1) is 0 Å². The Hall–Kier alpha value is -0.650. The first-order valence-corrected chi connectivity index (χ1v) is 6.72. The average Bonchev–Trinajstić information content (AvgIpc) is 2.37. The van der Waals surface area contributed by atoms with Crippen LogP contribution in [0.3, 0.4) is 0 Å². The highest BCUT2D eigenvalue weighted by Gasteiger charge is 2.25. The van der Waals surface area contributed by atoms with Crippen LogP contribution in [0, 0.1) is 5.41 Å². The second-order valence-corrected chi connectivity index (χ2v) is 5.51. The van der Waals surface area contributed by atoms with Crippen LogP contribution in [0.15, 0.2) is 0 Å². The lowest BCUT2D eigenvalue weighted by Crippen LogP contribution is -2.46. The number of rotatable bonds is 6. The first kappa shape index (κ1) is 15.4. The van der Waals surface area contributed by atoms with E-state index in [9.17, 15) is 9.90 Å². The van der Waals surface area contributed by atoms with Crippen LogP contribution in [0.25, 0.3) is 0 Å². The molecule has 1 heterocycles. The van der Waals surface area contributed by atoms with Crippen molar-refractivity contribution >= 4 is 5.91 Å². The van der Waals surface area contributed by atoms with Crippen LogP contribution >= 0.6 is 0 Å². The van der Waals surface area contributed by atoms with E-state index in [-0.39, 0.29) is 11.3 Å². The average molecular weight is 258 g/mol. The van der Waals surface area contributed by atoms with Crippen LogP contribution < -0.4 is 5.32 Å². The maximum atomic E-state index is 11.8. The van der Waals surface area contributed by atoms with E-state index in [4.69, 9.17) is 4.74 Å². The van der Waals surface area contributed by atoms with Crippen molar-refractivity contribution in [3.63, 3.8) is 0 Å². The minimum absolute atomic E-state index is 0.00558. The van der Waals surface area contributed by atoms with E-state index in [1.54, 1.807) is 0 Å². The Labute approximate surface area is 109 Å². The molecule has 0 radical (unpaired) electrons. The molecule has 1 aliphatic heterocycles. The van der Waals surface area contributed by atoms with Crippen LogP contribution in [-0.2, 0) is 9.53 Å². The Kier molecular flexibility index (Phi) is 6.05. The second-order valence-electron chi connectivity index (χ2n) is 5.51. The summed E-state index contributed by atoms with van der Waals surface area (Å²) in [6.07, 6.45) is 0.276. The summed E-state index contributed by atoms with van der Waals surface area (Å²) in [6, 6.07) is 0. The molecule has 0 saturated carbocycles. The van der Waals surface area contributed by atoms with E-state index in [1.807, 2.05) is 20.8 Å². The molecule has 1 atom stereocenters. The molecule has 106 valence electrons. The van der Waals surface area contributed by atoms with Gasteiger partial charge in [-0.05, 0) is 6.42 Å². The van der Waals surface area contributed by atoms with E-state index in [0.717, 1.165) is 32.7 Å². The zero-order valence-electron chi connectivity index (χ0n) is 11.7. The van der Waals surface area contributed by atoms with Gasteiger partial charge < -0.3 is 15.2 Å². The number of ether oxygens (including phenoxy) is 1. The number of morpholine rings is 1. The standard InChI is InChI=1S/C13H26N2O3/c1-4-13(2,3)12(17)14-9-11(16)10-15-5-7-18-8-6-15/h11,16H,4-10H2,1-3H3,(H,14,17). The monoisotopic (exact) mass is 258 g/mol. The van der Waals surface area contributed by atoms with Gasteiger partial charge in [0.05, 0.1) is 19.3 Å². The minimum Gasteiger partial charge on any atom is -0.390 e. The zero-order valence-corrected chi connectivity index (χ0v) is 11.7. The highest BCUT2D eigenvalue weighted by molar-refractivity contribution is 5.81. The van der Waals surface area contributed by atoms with Crippen molar-refractivity contribution in [1.29, 1.82) is 0 Å². The quantitative estimate of drug-likeness (QED) is 0.716. The minimum atomic E-state index is -0.514. The number of carbonyl (C=O) groups is 1. The number of nitrogens with one attached hydrogen (secondary N) is 1. The fourth-order valence-corrected chi connectivity index (χ4v) is 1.76. The Morgan fingerprint density at radius 3 is 2.61 bits per heavy atom. The topological polar surface area (TPSA) is 61.8 Å². The maximum Gasteiger partial charge on any atom is 0.225 e. The summed E-state index contributed by atoms with van der Waals surface area (Å²) in [5.74, 6) is 0.00558. The van der Waals surface area contributed by atoms with Crippen LogP contribution in [0.5, 0.6) is 0 Å².